The fourth-order valence-corrected chi connectivity index (χ4v) is 2.95. The third-order valence-electron chi connectivity index (χ3n) is 4.57. The molecule has 0 saturated heterocycles. The van der Waals surface area contributed by atoms with Crippen LogP contribution in [0.15, 0.2) is 65.1 Å². The number of furan rings is 1. The van der Waals surface area contributed by atoms with Gasteiger partial charge in [-0.1, -0.05) is 55.5 Å². The Hall–Kier alpha value is -3.08. The molecule has 0 bridgehead atoms. The Bertz CT molecular complexity index is 883. The van der Waals surface area contributed by atoms with Gasteiger partial charge in [0.2, 0.25) is 5.76 Å². The highest BCUT2D eigenvalue weighted by Gasteiger charge is 2.22. The summed E-state index contributed by atoms with van der Waals surface area (Å²) in [5.74, 6) is -0.669. The van der Waals surface area contributed by atoms with Gasteiger partial charge in [0.05, 0.1) is 0 Å². The highest BCUT2D eigenvalue weighted by Crippen LogP contribution is 2.20. The average molecular weight is 365 g/mol. The molecule has 27 heavy (non-hydrogen) atoms. The van der Waals surface area contributed by atoms with Crippen molar-refractivity contribution in [1.29, 1.82) is 0 Å². The molecule has 0 unspecified atom stereocenters. The summed E-state index contributed by atoms with van der Waals surface area (Å²) in [7, 11) is 0. The Morgan fingerprint density at radius 3 is 2.48 bits per heavy atom. The minimum Gasteiger partial charge on any atom is -0.449 e. The smallest absolute Gasteiger partial charge is 0.375 e. The van der Waals surface area contributed by atoms with E-state index in [1.165, 1.54) is 5.56 Å². The van der Waals surface area contributed by atoms with E-state index in [1.54, 1.807) is 19.1 Å². The van der Waals surface area contributed by atoms with E-state index in [0.717, 1.165) is 11.8 Å². The first-order valence-corrected chi connectivity index (χ1v) is 9.10. The van der Waals surface area contributed by atoms with Gasteiger partial charge in [-0.15, -0.1) is 0 Å². The lowest BCUT2D eigenvalue weighted by atomic mass is 9.96. The topological polar surface area (TPSA) is 68.5 Å². The number of nitrogens with one attached hydrogen (secondary N) is 1. The average Bonchev–Trinajstić information content (AvgIpc) is 3.13. The van der Waals surface area contributed by atoms with Crippen molar-refractivity contribution in [3.8, 4) is 0 Å². The lowest BCUT2D eigenvalue weighted by Crippen LogP contribution is -2.37. The van der Waals surface area contributed by atoms with Gasteiger partial charge in [-0.2, -0.15) is 0 Å². The summed E-state index contributed by atoms with van der Waals surface area (Å²) in [6.07, 6.45) is -0.00347. The van der Waals surface area contributed by atoms with Crippen LogP contribution in [0.3, 0.4) is 0 Å². The number of carbonyl (C=O) groups is 2. The number of ether oxygens (including phenoxy) is 1. The van der Waals surface area contributed by atoms with E-state index in [9.17, 15) is 9.59 Å². The zero-order valence-electron chi connectivity index (χ0n) is 15.5. The molecular weight excluding hydrogens is 342 g/mol. The first-order valence-electron chi connectivity index (χ1n) is 9.10. The van der Waals surface area contributed by atoms with Gasteiger partial charge < -0.3 is 14.5 Å². The van der Waals surface area contributed by atoms with Crippen LogP contribution in [0.4, 0.5) is 0 Å². The Labute approximate surface area is 158 Å². The van der Waals surface area contributed by atoms with Gasteiger partial charge in [0, 0.05) is 17.8 Å². The van der Waals surface area contributed by atoms with Crippen molar-refractivity contribution in [1.82, 2.24) is 5.32 Å². The van der Waals surface area contributed by atoms with E-state index in [4.69, 9.17) is 9.15 Å². The van der Waals surface area contributed by atoms with Crippen LogP contribution in [0, 0.1) is 0 Å². The maximum Gasteiger partial charge on any atom is 0.375 e. The summed E-state index contributed by atoms with van der Waals surface area (Å²) in [4.78, 5) is 24.6. The number of fused-ring (bicyclic) bond motifs is 1. The lowest BCUT2D eigenvalue weighted by molar-refractivity contribution is -0.129. The van der Waals surface area contributed by atoms with Gasteiger partial charge >= 0.3 is 5.97 Å². The second-order valence-corrected chi connectivity index (χ2v) is 6.46. The first-order chi connectivity index (χ1) is 13.1. The SMILES string of the molecule is CC[C@@H](CNC(=O)[C@@H](C)OC(=O)c1cc2ccccc2o1)c1ccccc1. The molecule has 3 rings (SSSR count). The summed E-state index contributed by atoms with van der Waals surface area (Å²) in [5.41, 5.74) is 1.78. The fourth-order valence-electron chi connectivity index (χ4n) is 2.95. The molecule has 1 heterocycles. The van der Waals surface area contributed by atoms with Crippen LogP contribution in [0.25, 0.3) is 11.0 Å². The predicted molar refractivity (Wildman–Crippen MR) is 104 cm³/mol. The first kappa shape index (κ1) is 18.7. The number of esters is 1. The number of carbonyl (C=O) groups excluding carboxylic acids is 2. The quantitative estimate of drug-likeness (QED) is 0.634. The zero-order chi connectivity index (χ0) is 19.2. The Morgan fingerprint density at radius 2 is 1.78 bits per heavy atom. The third kappa shape index (κ3) is 4.56. The highest BCUT2D eigenvalue weighted by molar-refractivity contribution is 5.94. The molecule has 140 valence electrons. The van der Waals surface area contributed by atoms with Crippen LogP contribution in [0.2, 0.25) is 0 Å². The van der Waals surface area contributed by atoms with Gasteiger partial charge in [0.15, 0.2) is 6.10 Å². The fraction of sp³-hybridized carbons (Fsp3) is 0.273. The zero-order valence-corrected chi connectivity index (χ0v) is 15.5. The molecule has 0 aliphatic carbocycles. The summed E-state index contributed by atoms with van der Waals surface area (Å²) in [6.45, 7) is 4.13. The molecule has 0 saturated carbocycles. The lowest BCUT2D eigenvalue weighted by Gasteiger charge is -2.18. The van der Waals surface area contributed by atoms with Crippen LogP contribution >= 0.6 is 0 Å². The van der Waals surface area contributed by atoms with E-state index in [-0.39, 0.29) is 17.6 Å². The van der Waals surface area contributed by atoms with Gasteiger partial charge in [-0.25, -0.2) is 4.79 Å². The van der Waals surface area contributed by atoms with Crippen molar-refractivity contribution in [2.45, 2.75) is 32.3 Å². The number of hydrogen-bond acceptors (Lipinski definition) is 4. The summed E-state index contributed by atoms with van der Waals surface area (Å²) >= 11 is 0. The molecule has 5 nitrogen and oxygen atoms in total. The summed E-state index contributed by atoms with van der Waals surface area (Å²) in [5, 5.41) is 3.68. The maximum atomic E-state index is 12.3. The van der Waals surface area contributed by atoms with Crippen LogP contribution < -0.4 is 5.32 Å². The third-order valence-corrected chi connectivity index (χ3v) is 4.57. The molecule has 2 atom stereocenters. The molecule has 0 aliphatic rings. The van der Waals surface area contributed by atoms with Crippen molar-refractivity contribution in [3.63, 3.8) is 0 Å². The second kappa shape index (κ2) is 8.54. The number of hydrogen-bond donors (Lipinski definition) is 1. The van der Waals surface area contributed by atoms with E-state index in [1.807, 2.05) is 48.5 Å². The Morgan fingerprint density at radius 1 is 1.07 bits per heavy atom. The number of benzene rings is 2. The van der Waals surface area contributed by atoms with Crippen LogP contribution in [0.1, 0.15) is 42.3 Å². The standard InChI is InChI=1S/C22H23NO4/c1-3-16(17-9-5-4-6-10-17)14-23-21(24)15(2)26-22(25)20-13-18-11-7-8-12-19(18)27-20/h4-13,15-16H,3,14H2,1-2H3,(H,23,24)/t15-,16+/m1/s1. The largest absolute Gasteiger partial charge is 0.449 e. The molecule has 0 radical (unpaired) electrons. The van der Waals surface area contributed by atoms with Gasteiger partial charge in [0.25, 0.3) is 5.91 Å². The van der Waals surface area contributed by atoms with Crippen molar-refractivity contribution < 1.29 is 18.7 Å². The molecule has 3 aromatic rings. The number of amides is 1. The molecule has 1 aromatic heterocycles. The van der Waals surface area contributed by atoms with Crippen LogP contribution in [0.5, 0.6) is 0 Å². The molecule has 5 heteroatoms. The van der Waals surface area contributed by atoms with Crippen LogP contribution in [-0.2, 0) is 9.53 Å². The number of para-hydroxylation sites is 1. The van der Waals surface area contributed by atoms with Gasteiger partial charge in [0.1, 0.15) is 5.58 Å². The maximum absolute atomic E-state index is 12.3. The van der Waals surface area contributed by atoms with E-state index < -0.39 is 12.1 Å². The van der Waals surface area contributed by atoms with Gasteiger partial charge in [-0.3, -0.25) is 4.79 Å². The summed E-state index contributed by atoms with van der Waals surface area (Å²) < 4.78 is 10.7. The summed E-state index contributed by atoms with van der Waals surface area (Å²) in [6, 6.07) is 19.0. The van der Waals surface area contributed by atoms with Gasteiger partial charge in [-0.05, 0) is 31.0 Å². The molecule has 2 aromatic carbocycles. The van der Waals surface area contributed by atoms with Crippen LogP contribution in [-0.4, -0.2) is 24.5 Å². The van der Waals surface area contributed by atoms with E-state index in [0.29, 0.717) is 12.1 Å². The molecule has 1 N–H and O–H groups in total. The van der Waals surface area contributed by atoms with Crippen molar-refractivity contribution in [2.24, 2.45) is 0 Å². The number of rotatable bonds is 7. The minimum atomic E-state index is -0.904. The molecule has 0 aliphatic heterocycles. The minimum absolute atomic E-state index is 0.0894. The second-order valence-electron chi connectivity index (χ2n) is 6.46. The predicted octanol–water partition coefficient (Wildman–Crippen LogP) is 4.29. The Balaban J connectivity index is 1.56. The van der Waals surface area contributed by atoms with E-state index >= 15 is 0 Å². The Kier molecular flexibility index (Phi) is 5.91. The highest BCUT2D eigenvalue weighted by atomic mass is 16.6. The van der Waals surface area contributed by atoms with Crippen molar-refractivity contribution in [2.75, 3.05) is 6.54 Å². The monoisotopic (exact) mass is 365 g/mol. The van der Waals surface area contributed by atoms with Crippen molar-refractivity contribution in [3.05, 3.63) is 72.0 Å². The molecule has 0 spiro atoms. The normalized spacial score (nSPS) is 13.1. The molecule has 0 fully saturated rings. The molecule has 1 amide bonds. The van der Waals surface area contributed by atoms with Crippen molar-refractivity contribution >= 4 is 22.8 Å². The molecular formula is C22H23NO4. The van der Waals surface area contributed by atoms with E-state index in [2.05, 4.69) is 12.2 Å².